The van der Waals surface area contributed by atoms with Gasteiger partial charge in [-0.2, -0.15) is 4.68 Å². The minimum atomic E-state index is 0.266. The molecule has 90 valence electrons. The van der Waals surface area contributed by atoms with Crippen LogP contribution in [0.15, 0.2) is 30.6 Å². The molecule has 0 bridgehead atoms. The minimum Gasteiger partial charge on any atom is -0.490 e. The summed E-state index contributed by atoms with van der Waals surface area (Å²) in [5.74, 6) is 1.12. The molecular weight excluding hydrogens is 232 g/mol. The normalized spacial score (nSPS) is 10.7. The van der Waals surface area contributed by atoms with Gasteiger partial charge in [-0.05, 0) is 12.1 Å². The molecule has 0 amide bonds. The summed E-state index contributed by atoms with van der Waals surface area (Å²) in [6, 6.07) is 7.56. The molecule has 0 aliphatic rings. The molecule has 0 saturated carbocycles. The summed E-state index contributed by atoms with van der Waals surface area (Å²) in [7, 11) is 1.51. The van der Waals surface area contributed by atoms with Gasteiger partial charge in [0.1, 0.15) is 11.8 Å². The maximum atomic E-state index is 5.74. The standard InChI is InChI=1S/C11H10N6O/c1-18-9-10(12)13-6-14-11(9)17-8-5-3-2-4-7(8)15-16-17/h2-6H,1H3,(H2,12,13,14). The Labute approximate surface area is 102 Å². The number of benzene rings is 1. The summed E-state index contributed by atoms with van der Waals surface area (Å²) in [4.78, 5) is 8.03. The van der Waals surface area contributed by atoms with Gasteiger partial charge in [0, 0.05) is 0 Å². The highest BCUT2D eigenvalue weighted by molar-refractivity contribution is 5.76. The average Bonchev–Trinajstić information content (AvgIpc) is 2.82. The molecule has 0 atom stereocenters. The van der Waals surface area contributed by atoms with E-state index in [1.807, 2.05) is 24.3 Å². The van der Waals surface area contributed by atoms with Gasteiger partial charge in [0.2, 0.25) is 11.6 Å². The lowest BCUT2D eigenvalue weighted by Crippen LogP contribution is -2.06. The predicted molar refractivity (Wildman–Crippen MR) is 65.4 cm³/mol. The number of nitrogens with zero attached hydrogens (tertiary/aromatic N) is 5. The second kappa shape index (κ2) is 3.95. The molecule has 2 aromatic heterocycles. The highest BCUT2D eigenvalue weighted by atomic mass is 16.5. The number of aromatic nitrogens is 5. The van der Waals surface area contributed by atoms with Crippen molar-refractivity contribution in [3.8, 4) is 11.6 Å². The molecule has 18 heavy (non-hydrogen) atoms. The third kappa shape index (κ3) is 1.45. The maximum absolute atomic E-state index is 5.74. The van der Waals surface area contributed by atoms with Crippen molar-refractivity contribution in [2.75, 3.05) is 12.8 Å². The fourth-order valence-corrected chi connectivity index (χ4v) is 1.75. The summed E-state index contributed by atoms with van der Waals surface area (Å²) in [6.07, 6.45) is 1.36. The Hall–Kier alpha value is -2.70. The van der Waals surface area contributed by atoms with E-state index in [9.17, 15) is 0 Å². The van der Waals surface area contributed by atoms with Crippen LogP contribution in [0.2, 0.25) is 0 Å². The molecule has 0 saturated heterocycles. The number of hydrogen-bond acceptors (Lipinski definition) is 6. The Morgan fingerprint density at radius 1 is 1.22 bits per heavy atom. The smallest absolute Gasteiger partial charge is 0.206 e. The molecule has 7 heteroatoms. The second-order valence-corrected chi connectivity index (χ2v) is 3.61. The van der Waals surface area contributed by atoms with Gasteiger partial charge >= 0.3 is 0 Å². The first-order chi connectivity index (χ1) is 8.81. The van der Waals surface area contributed by atoms with Crippen LogP contribution in [-0.2, 0) is 0 Å². The predicted octanol–water partition coefficient (Wildman–Crippen LogP) is 0.801. The summed E-state index contributed by atoms with van der Waals surface area (Å²) in [5.41, 5.74) is 7.35. The van der Waals surface area contributed by atoms with E-state index in [1.54, 1.807) is 4.68 Å². The number of nitrogen functional groups attached to an aromatic ring is 1. The van der Waals surface area contributed by atoms with Crippen molar-refractivity contribution >= 4 is 16.9 Å². The second-order valence-electron chi connectivity index (χ2n) is 3.61. The van der Waals surface area contributed by atoms with Crippen LogP contribution in [0.5, 0.6) is 5.75 Å². The van der Waals surface area contributed by atoms with Crippen LogP contribution in [0, 0.1) is 0 Å². The third-order valence-corrected chi connectivity index (χ3v) is 2.57. The van der Waals surface area contributed by atoms with E-state index >= 15 is 0 Å². The largest absolute Gasteiger partial charge is 0.490 e. The molecule has 2 N–H and O–H groups in total. The van der Waals surface area contributed by atoms with Gasteiger partial charge in [-0.15, -0.1) is 5.10 Å². The number of para-hydroxylation sites is 1. The molecular formula is C11H10N6O. The molecule has 0 aliphatic heterocycles. The number of rotatable bonds is 2. The van der Waals surface area contributed by atoms with Gasteiger partial charge in [-0.3, -0.25) is 0 Å². The van der Waals surface area contributed by atoms with Crippen molar-refractivity contribution in [1.82, 2.24) is 25.0 Å². The molecule has 1 aromatic carbocycles. The van der Waals surface area contributed by atoms with Crippen LogP contribution in [0.4, 0.5) is 5.82 Å². The van der Waals surface area contributed by atoms with Crippen molar-refractivity contribution < 1.29 is 4.74 Å². The van der Waals surface area contributed by atoms with Crippen LogP contribution in [0.1, 0.15) is 0 Å². The first-order valence-electron chi connectivity index (χ1n) is 5.26. The monoisotopic (exact) mass is 242 g/mol. The van der Waals surface area contributed by atoms with E-state index in [1.165, 1.54) is 13.4 Å². The van der Waals surface area contributed by atoms with Crippen LogP contribution < -0.4 is 10.5 Å². The first kappa shape index (κ1) is 10.5. The summed E-state index contributed by atoms with van der Waals surface area (Å²) < 4.78 is 6.79. The van der Waals surface area contributed by atoms with E-state index < -0.39 is 0 Å². The maximum Gasteiger partial charge on any atom is 0.206 e. The summed E-state index contributed by atoms with van der Waals surface area (Å²) in [6.45, 7) is 0. The quantitative estimate of drug-likeness (QED) is 0.714. The number of methoxy groups -OCH3 is 1. The van der Waals surface area contributed by atoms with Crippen LogP contribution in [0.25, 0.3) is 16.9 Å². The Morgan fingerprint density at radius 3 is 2.89 bits per heavy atom. The highest BCUT2D eigenvalue weighted by Crippen LogP contribution is 2.26. The zero-order valence-electron chi connectivity index (χ0n) is 9.61. The van der Waals surface area contributed by atoms with E-state index in [0.29, 0.717) is 11.6 Å². The van der Waals surface area contributed by atoms with Crippen molar-refractivity contribution in [2.24, 2.45) is 0 Å². The van der Waals surface area contributed by atoms with Crippen LogP contribution >= 0.6 is 0 Å². The van der Waals surface area contributed by atoms with Gasteiger partial charge < -0.3 is 10.5 Å². The number of anilines is 1. The van der Waals surface area contributed by atoms with E-state index in [-0.39, 0.29) is 5.82 Å². The lowest BCUT2D eigenvalue weighted by atomic mass is 10.3. The summed E-state index contributed by atoms with van der Waals surface area (Å²) >= 11 is 0. The molecule has 3 aromatic rings. The van der Waals surface area contributed by atoms with Crippen molar-refractivity contribution in [3.63, 3.8) is 0 Å². The van der Waals surface area contributed by atoms with Gasteiger partial charge in [-0.1, -0.05) is 17.3 Å². The molecule has 2 heterocycles. The Kier molecular flexibility index (Phi) is 2.30. The van der Waals surface area contributed by atoms with E-state index in [2.05, 4.69) is 20.3 Å². The van der Waals surface area contributed by atoms with Gasteiger partial charge in [0.25, 0.3) is 0 Å². The van der Waals surface area contributed by atoms with Crippen molar-refractivity contribution in [2.45, 2.75) is 0 Å². The SMILES string of the molecule is COc1c(N)ncnc1-n1nnc2ccccc21. The highest BCUT2D eigenvalue weighted by Gasteiger charge is 2.15. The molecule has 0 aliphatic carbocycles. The van der Waals surface area contributed by atoms with Crippen LogP contribution in [0.3, 0.4) is 0 Å². The fourth-order valence-electron chi connectivity index (χ4n) is 1.75. The van der Waals surface area contributed by atoms with Gasteiger partial charge in [0.15, 0.2) is 5.82 Å². The molecule has 0 fully saturated rings. The zero-order chi connectivity index (χ0) is 12.5. The number of fused-ring (bicyclic) bond motifs is 1. The topological polar surface area (TPSA) is 91.7 Å². The van der Waals surface area contributed by atoms with Crippen molar-refractivity contribution in [3.05, 3.63) is 30.6 Å². The lowest BCUT2D eigenvalue weighted by Gasteiger charge is -2.08. The zero-order valence-corrected chi connectivity index (χ0v) is 9.61. The van der Waals surface area contributed by atoms with Gasteiger partial charge in [-0.25, -0.2) is 9.97 Å². The van der Waals surface area contributed by atoms with Gasteiger partial charge in [0.05, 0.1) is 12.6 Å². The molecule has 7 nitrogen and oxygen atoms in total. The first-order valence-corrected chi connectivity index (χ1v) is 5.26. The van der Waals surface area contributed by atoms with E-state index in [4.69, 9.17) is 10.5 Å². The Bertz CT molecular complexity index is 708. The lowest BCUT2D eigenvalue weighted by molar-refractivity contribution is 0.409. The molecule has 0 spiro atoms. The number of ether oxygens (including phenoxy) is 1. The fraction of sp³-hybridized carbons (Fsp3) is 0.0909. The molecule has 0 unspecified atom stereocenters. The third-order valence-electron chi connectivity index (χ3n) is 2.57. The van der Waals surface area contributed by atoms with Crippen molar-refractivity contribution in [1.29, 1.82) is 0 Å². The van der Waals surface area contributed by atoms with E-state index in [0.717, 1.165) is 11.0 Å². The molecule has 0 radical (unpaired) electrons. The molecule has 3 rings (SSSR count). The van der Waals surface area contributed by atoms with Crippen LogP contribution in [-0.4, -0.2) is 32.1 Å². The minimum absolute atomic E-state index is 0.266. The average molecular weight is 242 g/mol. The summed E-state index contributed by atoms with van der Waals surface area (Å²) in [5, 5.41) is 8.11. The Balaban J connectivity index is 2.30. The number of hydrogen-bond donors (Lipinski definition) is 1. The number of nitrogens with two attached hydrogens (primary N) is 1. The Morgan fingerprint density at radius 2 is 2.06 bits per heavy atom.